The normalized spacial score (nSPS) is 13.0. The van der Waals surface area contributed by atoms with Crippen molar-refractivity contribution in [3.8, 4) is 0 Å². The monoisotopic (exact) mass is 176 g/mol. The molecule has 0 radical (unpaired) electrons. The van der Waals surface area contributed by atoms with E-state index in [-0.39, 0.29) is 6.21 Å². The Morgan fingerprint density at radius 3 is 1.45 bits per heavy atom. The number of halogens is 5. The lowest BCUT2D eigenvalue weighted by Crippen LogP contribution is -2.40. The Kier molecular flexibility index (Phi) is 2.58. The van der Waals surface area contributed by atoms with Crippen molar-refractivity contribution in [3.63, 3.8) is 0 Å². The van der Waals surface area contributed by atoms with Crippen molar-refractivity contribution in [2.75, 3.05) is 14.1 Å². The van der Waals surface area contributed by atoms with E-state index in [2.05, 4.69) is 0 Å². The minimum atomic E-state index is -5.50. The highest BCUT2D eigenvalue weighted by atomic mass is 19.4. The lowest BCUT2D eigenvalue weighted by molar-refractivity contribution is -0.468. The van der Waals surface area contributed by atoms with E-state index < -0.39 is 12.1 Å². The zero-order chi connectivity index (χ0) is 9.28. The first kappa shape index (κ1) is 10.3. The molecule has 1 nitrogen and oxygen atoms in total. The van der Waals surface area contributed by atoms with E-state index in [0.717, 1.165) is 14.1 Å². The molecule has 0 atom stereocenters. The maximum Gasteiger partial charge on any atom is 0.463 e. The quantitative estimate of drug-likeness (QED) is 0.324. The third-order valence-electron chi connectivity index (χ3n) is 0.798. The largest absolute Gasteiger partial charge is 0.463 e. The molecule has 0 aliphatic rings. The van der Waals surface area contributed by atoms with E-state index >= 15 is 0 Å². The Morgan fingerprint density at radius 2 is 1.36 bits per heavy atom. The van der Waals surface area contributed by atoms with Crippen molar-refractivity contribution in [1.82, 2.24) is 0 Å². The van der Waals surface area contributed by atoms with Crippen LogP contribution in [-0.2, 0) is 0 Å². The Bertz CT molecular complexity index is 164. The minimum absolute atomic E-state index is 0.188. The second-order valence-corrected chi connectivity index (χ2v) is 2.21. The van der Waals surface area contributed by atoms with Gasteiger partial charge in [-0.1, -0.05) is 0 Å². The van der Waals surface area contributed by atoms with Gasteiger partial charge >= 0.3 is 12.1 Å². The first-order valence-electron chi connectivity index (χ1n) is 2.64. The van der Waals surface area contributed by atoms with Crippen molar-refractivity contribution >= 4 is 6.21 Å². The van der Waals surface area contributed by atoms with Gasteiger partial charge in [0.15, 0.2) is 0 Å². The lowest BCUT2D eigenvalue weighted by atomic mass is 10.3. The zero-order valence-corrected chi connectivity index (χ0v) is 5.91. The van der Waals surface area contributed by atoms with Gasteiger partial charge in [-0.25, -0.2) is 4.58 Å². The standard InChI is InChI=1S/C5H7F5N/c1-11(2)3-4(6,7)5(8,9)10/h3H,1-2H3/q+1. The summed E-state index contributed by atoms with van der Waals surface area (Å²) < 4.78 is 58.7. The van der Waals surface area contributed by atoms with Gasteiger partial charge in [0.05, 0.1) is 0 Å². The molecule has 0 aromatic rings. The highest BCUT2D eigenvalue weighted by Crippen LogP contribution is 2.33. The van der Waals surface area contributed by atoms with Crippen molar-refractivity contribution in [2.24, 2.45) is 0 Å². The maximum atomic E-state index is 12.0. The molecule has 0 amide bonds. The van der Waals surface area contributed by atoms with Crippen LogP contribution in [0.5, 0.6) is 0 Å². The van der Waals surface area contributed by atoms with Crippen LogP contribution in [-0.4, -0.2) is 37.0 Å². The van der Waals surface area contributed by atoms with Crippen molar-refractivity contribution in [2.45, 2.75) is 12.1 Å². The molecule has 0 aromatic heterocycles. The van der Waals surface area contributed by atoms with Gasteiger partial charge in [-0.05, 0) is 0 Å². The number of alkyl halides is 5. The Hall–Kier alpha value is -0.680. The number of hydrogen-bond donors (Lipinski definition) is 0. The Labute approximate surface area is 60.1 Å². The van der Waals surface area contributed by atoms with Crippen LogP contribution in [0.2, 0.25) is 0 Å². The van der Waals surface area contributed by atoms with Crippen LogP contribution >= 0.6 is 0 Å². The molecule has 0 saturated carbocycles. The molecule has 0 aromatic carbocycles. The van der Waals surface area contributed by atoms with Crippen LogP contribution in [0.4, 0.5) is 22.0 Å². The molecule has 0 aliphatic carbocycles. The van der Waals surface area contributed by atoms with Gasteiger partial charge in [0, 0.05) is 0 Å². The molecule has 11 heavy (non-hydrogen) atoms. The number of nitrogens with zero attached hydrogens (tertiary/aromatic N) is 1. The number of rotatable bonds is 1. The fourth-order valence-electron chi connectivity index (χ4n) is 0.397. The van der Waals surface area contributed by atoms with Gasteiger partial charge in [-0.2, -0.15) is 22.0 Å². The summed E-state index contributed by atoms with van der Waals surface area (Å²) in [4.78, 5) is 0. The average Bonchev–Trinajstić information content (AvgIpc) is 1.56. The van der Waals surface area contributed by atoms with Gasteiger partial charge in [0.25, 0.3) is 0 Å². The summed E-state index contributed by atoms with van der Waals surface area (Å²) in [5.74, 6) is -4.74. The second kappa shape index (κ2) is 2.75. The van der Waals surface area contributed by atoms with Crippen LogP contribution < -0.4 is 0 Å². The van der Waals surface area contributed by atoms with Crippen molar-refractivity contribution in [1.29, 1.82) is 0 Å². The second-order valence-electron chi connectivity index (χ2n) is 2.21. The van der Waals surface area contributed by atoms with E-state index in [1.807, 2.05) is 0 Å². The van der Waals surface area contributed by atoms with E-state index in [1.54, 1.807) is 0 Å². The fourth-order valence-corrected chi connectivity index (χ4v) is 0.397. The molecule has 0 rings (SSSR count). The molecule has 0 N–H and O–H groups in total. The Morgan fingerprint density at radius 1 is 1.00 bits per heavy atom. The van der Waals surface area contributed by atoms with Crippen molar-refractivity contribution in [3.05, 3.63) is 0 Å². The topological polar surface area (TPSA) is 3.01 Å². The lowest BCUT2D eigenvalue weighted by Gasteiger charge is -2.12. The smallest absolute Gasteiger partial charge is 0.239 e. The molecule has 66 valence electrons. The van der Waals surface area contributed by atoms with Gasteiger partial charge < -0.3 is 0 Å². The molecular formula is C5H7F5N+. The molecule has 0 bridgehead atoms. The highest BCUT2D eigenvalue weighted by molar-refractivity contribution is 5.62. The van der Waals surface area contributed by atoms with E-state index in [4.69, 9.17) is 0 Å². The molecule has 0 aliphatic heterocycles. The highest BCUT2D eigenvalue weighted by Gasteiger charge is 2.59. The zero-order valence-electron chi connectivity index (χ0n) is 5.91. The van der Waals surface area contributed by atoms with Crippen LogP contribution in [0.15, 0.2) is 0 Å². The van der Waals surface area contributed by atoms with Gasteiger partial charge in [-0.3, -0.25) is 0 Å². The molecule has 0 fully saturated rings. The predicted molar refractivity (Wildman–Crippen MR) is 29.2 cm³/mol. The summed E-state index contributed by atoms with van der Waals surface area (Å²) in [6, 6.07) is 0. The van der Waals surface area contributed by atoms with E-state index in [1.165, 1.54) is 0 Å². The summed E-state index contributed by atoms with van der Waals surface area (Å²) in [5, 5.41) is 0. The molecule has 0 unspecified atom stereocenters. The SMILES string of the molecule is C[N+](C)=CC(F)(F)C(F)(F)F. The molecular weight excluding hydrogens is 169 g/mol. The summed E-state index contributed by atoms with van der Waals surface area (Å²) in [6.45, 7) is 0. The summed E-state index contributed by atoms with van der Waals surface area (Å²) in [6.07, 6.45) is -5.69. The summed E-state index contributed by atoms with van der Waals surface area (Å²) in [7, 11) is 2.19. The van der Waals surface area contributed by atoms with Crippen LogP contribution in [0.1, 0.15) is 0 Å². The molecule has 6 heteroatoms. The van der Waals surface area contributed by atoms with Gasteiger partial charge in [0.1, 0.15) is 14.1 Å². The van der Waals surface area contributed by atoms with Crippen LogP contribution in [0.25, 0.3) is 0 Å². The molecule has 0 saturated heterocycles. The molecule has 0 heterocycles. The third-order valence-corrected chi connectivity index (χ3v) is 0.798. The minimum Gasteiger partial charge on any atom is -0.239 e. The predicted octanol–water partition coefficient (Wildman–Crippen LogP) is 1.53. The van der Waals surface area contributed by atoms with Gasteiger partial charge in [0.2, 0.25) is 6.21 Å². The Balaban J connectivity index is 4.61. The van der Waals surface area contributed by atoms with Crippen LogP contribution in [0.3, 0.4) is 0 Å². The fraction of sp³-hybridized carbons (Fsp3) is 0.800. The average molecular weight is 176 g/mol. The summed E-state index contributed by atoms with van der Waals surface area (Å²) in [5.41, 5.74) is 0. The van der Waals surface area contributed by atoms with E-state index in [0.29, 0.717) is 4.58 Å². The van der Waals surface area contributed by atoms with E-state index in [9.17, 15) is 22.0 Å². The van der Waals surface area contributed by atoms with Crippen LogP contribution in [0, 0.1) is 0 Å². The maximum absolute atomic E-state index is 12.0. The first-order valence-corrected chi connectivity index (χ1v) is 2.64. The number of hydrogen-bond acceptors (Lipinski definition) is 0. The first-order chi connectivity index (χ1) is 4.67. The third kappa shape index (κ3) is 2.81. The van der Waals surface area contributed by atoms with Crippen molar-refractivity contribution < 1.29 is 26.5 Å². The molecule has 0 spiro atoms. The van der Waals surface area contributed by atoms with Gasteiger partial charge in [-0.15, -0.1) is 0 Å². The summed E-state index contributed by atoms with van der Waals surface area (Å²) >= 11 is 0.